The molecule has 1 fully saturated rings. The van der Waals surface area contributed by atoms with Crippen molar-refractivity contribution in [2.45, 2.75) is 31.8 Å². The van der Waals surface area contributed by atoms with E-state index in [1.54, 1.807) is 13.3 Å². The summed E-state index contributed by atoms with van der Waals surface area (Å²) in [6.45, 7) is 5.47. The van der Waals surface area contributed by atoms with Gasteiger partial charge in [-0.15, -0.1) is 0 Å². The number of nitrogens with zero attached hydrogens (tertiary/aromatic N) is 2. The smallest absolute Gasteiger partial charge is 0.161 e. The summed E-state index contributed by atoms with van der Waals surface area (Å²) in [5, 5.41) is 4.93. The Labute approximate surface area is 189 Å². The fourth-order valence-corrected chi connectivity index (χ4v) is 4.62. The predicted molar refractivity (Wildman–Crippen MR) is 126 cm³/mol. The second kappa shape index (κ2) is 9.76. The molecule has 0 radical (unpaired) electrons. The Balaban J connectivity index is 1.10. The summed E-state index contributed by atoms with van der Waals surface area (Å²) in [5.74, 6) is 2.54. The lowest BCUT2D eigenvalue weighted by Crippen LogP contribution is -2.42. The first kappa shape index (κ1) is 21.0. The van der Waals surface area contributed by atoms with Crippen LogP contribution in [0.3, 0.4) is 0 Å². The zero-order chi connectivity index (χ0) is 21.8. The third-order valence-corrected chi connectivity index (χ3v) is 6.51. The molecule has 0 unspecified atom stereocenters. The highest BCUT2D eigenvalue weighted by Gasteiger charge is 2.19. The van der Waals surface area contributed by atoms with Gasteiger partial charge in [0.1, 0.15) is 19.0 Å². The molecule has 2 aromatic carbocycles. The van der Waals surface area contributed by atoms with E-state index in [9.17, 15) is 0 Å². The van der Waals surface area contributed by atoms with Crippen molar-refractivity contribution in [2.24, 2.45) is 0 Å². The number of hydrogen-bond donors (Lipinski definition) is 1. The molecule has 0 aliphatic carbocycles. The molecule has 2 aliphatic heterocycles. The van der Waals surface area contributed by atoms with Gasteiger partial charge in [-0.3, -0.25) is 4.98 Å². The van der Waals surface area contributed by atoms with Crippen LogP contribution in [-0.4, -0.2) is 55.9 Å². The van der Waals surface area contributed by atoms with Gasteiger partial charge < -0.3 is 24.4 Å². The molecule has 2 aliphatic rings. The standard InChI is InChI=1S/C26H31N3O3/c1-30-22-16-23-20(3-2-4-24(23)28-18-22)7-10-29-11-8-21(9-12-29)27-17-19-5-6-25-26(15-19)32-14-13-31-25/h2-6,15-16,18,21,27H,7-14,17H2,1H3. The first-order valence-electron chi connectivity index (χ1n) is 11.5. The van der Waals surface area contributed by atoms with Crippen LogP contribution in [0.15, 0.2) is 48.7 Å². The van der Waals surface area contributed by atoms with Gasteiger partial charge in [-0.05, 0) is 67.7 Å². The molecule has 1 aromatic heterocycles. The minimum absolute atomic E-state index is 0.561. The van der Waals surface area contributed by atoms with Crippen LogP contribution in [0.25, 0.3) is 10.9 Å². The number of aromatic nitrogens is 1. The highest BCUT2D eigenvalue weighted by Crippen LogP contribution is 2.30. The molecule has 0 saturated carbocycles. The van der Waals surface area contributed by atoms with Crippen LogP contribution >= 0.6 is 0 Å². The maximum absolute atomic E-state index is 5.70. The normalized spacial score (nSPS) is 16.9. The molecule has 0 spiro atoms. The molecular weight excluding hydrogens is 402 g/mol. The minimum atomic E-state index is 0.561. The maximum atomic E-state index is 5.70. The third kappa shape index (κ3) is 4.81. The fourth-order valence-electron chi connectivity index (χ4n) is 4.62. The van der Waals surface area contributed by atoms with Crippen LogP contribution in [0.5, 0.6) is 17.2 Å². The Morgan fingerprint density at radius 3 is 2.75 bits per heavy atom. The summed E-state index contributed by atoms with van der Waals surface area (Å²) >= 11 is 0. The summed E-state index contributed by atoms with van der Waals surface area (Å²) in [4.78, 5) is 7.10. The number of nitrogens with one attached hydrogen (secondary N) is 1. The Kier molecular flexibility index (Phi) is 6.41. The average Bonchev–Trinajstić information content (AvgIpc) is 2.86. The molecule has 0 bridgehead atoms. The highest BCUT2D eigenvalue weighted by atomic mass is 16.6. The van der Waals surface area contributed by atoms with Crippen molar-refractivity contribution in [1.82, 2.24) is 15.2 Å². The number of pyridine rings is 1. The molecule has 5 rings (SSSR count). The van der Waals surface area contributed by atoms with E-state index >= 15 is 0 Å². The van der Waals surface area contributed by atoms with E-state index in [1.165, 1.54) is 29.4 Å². The number of methoxy groups -OCH3 is 1. The second-order valence-electron chi connectivity index (χ2n) is 8.58. The van der Waals surface area contributed by atoms with Gasteiger partial charge in [-0.25, -0.2) is 0 Å². The van der Waals surface area contributed by atoms with E-state index in [0.717, 1.165) is 55.4 Å². The van der Waals surface area contributed by atoms with Gasteiger partial charge in [0.2, 0.25) is 0 Å². The van der Waals surface area contributed by atoms with Crippen LogP contribution in [0.1, 0.15) is 24.0 Å². The van der Waals surface area contributed by atoms with Crippen molar-refractivity contribution in [2.75, 3.05) is 40.0 Å². The highest BCUT2D eigenvalue weighted by molar-refractivity contribution is 5.83. The fraction of sp³-hybridized carbons (Fsp3) is 0.423. The lowest BCUT2D eigenvalue weighted by atomic mass is 10.0. The van der Waals surface area contributed by atoms with Crippen molar-refractivity contribution in [3.8, 4) is 17.2 Å². The maximum Gasteiger partial charge on any atom is 0.161 e. The number of hydrogen-bond acceptors (Lipinski definition) is 6. The van der Waals surface area contributed by atoms with Crippen LogP contribution in [0.4, 0.5) is 0 Å². The molecule has 1 saturated heterocycles. The quantitative estimate of drug-likeness (QED) is 0.612. The Morgan fingerprint density at radius 2 is 1.91 bits per heavy atom. The molecule has 6 heteroatoms. The van der Waals surface area contributed by atoms with Crippen molar-refractivity contribution in [3.05, 3.63) is 59.8 Å². The monoisotopic (exact) mass is 433 g/mol. The van der Waals surface area contributed by atoms with Crippen LogP contribution in [-0.2, 0) is 13.0 Å². The molecule has 168 valence electrons. The van der Waals surface area contributed by atoms with Crippen LogP contribution in [0, 0.1) is 0 Å². The van der Waals surface area contributed by atoms with Crippen LogP contribution < -0.4 is 19.5 Å². The molecular formula is C26H31N3O3. The SMILES string of the molecule is COc1cnc2cccc(CCN3CCC(NCc4ccc5c(c4)OCCO5)CC3)c2c1. The van der Waals surface area contributed by atoms with E-state index in [2.05, 4.69) is 51.6 Å². The van der Waals surface area contributed by atoms with Gasteiger partial charge in [0.25, 0.3) is 0 Å². The summed E-state index contributed by atoms with van der Waals surface area (Å²) in [7, 11) is 1.69. The molecule has 3 aromatic rings. The first-order chi connectivity index (χ1) is 15.8. The second-order valence-corrected chi connectivity index (χ2v) is 8.58. The molecule has 6 nitrogen and oxygen atoms in total. The van der Waals surface area contributed by atoms with E-state index < -0.39 is 0 Å². The third-order valence-electron chi connectivity index (χ3n) is 6.51. The summed E-state index contributed by atoms with van der Waals surface area (Å²) in [6.07, 6.45) is 5.17. The number of ether oxygens (including phenoxy) is 3. The molecule has 32 heavy (non-hydrogen) atoms. The zero-order valence-corrected chi connectivity index (χ0v) is 18.7. The zero-order valence-electron chi connectivity index (χ0n) is 18.7. The summed E-state index contributed by atoms with van der Waals surface area (Å²) in [5.41, 5.74) is 3.62. The lowest BCUT2D eigenvalue weighted by molar-refractivity contribution is 0.171. The Morgan fingerprint density at radius 1 is 1.06 bits per heavy atom. The number of rotatable bonds is 7. The number of piperidine rings is 1. The van der Waals surface area contributed by atoms with Gasteiger partial charge in [0.15, 0.2) is 11.5 Å². The number of likely N-dealkylation sites (tertiary alicyclic amines) is 1. The first-order valence-corrected chi connectivity index (χ1v) is 11.5. The van der Waals surface area contributed by atoms with Crippen molar-refractivity contribution in [3.63, 3.8) is 0 Å². The molecule has 0 amide bonds. The minimum Gasteiger partial charge on any atom is -0.495 e. The van der Waals surface area contributed by atoms with Crippen molar-refractivity contribution < 1.29 is 14.2 Å². The lowest BCUT2D eigenvalue weighted by Gasteiger charge is -2.32. The van der Waals surface area contributed by atoms with Crippen molar-refractivity contribution >= 4 is 10.9 Å². The van der Waals surface area contributed by atoms with Crippen molar-refractivity contribution in [1.29, 1.82) is 0 Å². The van der Waals surface area contributed by atoms with E-state index in [4.69, 9.17) is 14.2 Å². The summed E-state index contributed by atoms with van der Waals surface area (Å²) in [6, 6.07) is 15.3. The Bertz CT molecular complexity index is 1060. The summed E-state index contributed by atoms with van der Waals surface area (Å²) < 4.78 is 16.7. The van der Waals surface area contributed by atoms with Gasteiger partial charge in [0.05, 0.1) is 18.8 Å². The van der Waals surface area contributed by atoms with Gasteiger partial charge >= 0.3 is 0 Å². The van der Waals surface area contributed by atoms with Gasteiger partial charge in [0, 0.05) is 24.5 Å². The predicted octanol–water partition coefficient (Wildman–Crippen LogP) is 3.81. The van der Waals surface area contributed by atoms with Gasteiger partial charge in [-0.2, -0.15) is 0 Å². The van der Waals surface area contributed by atoms with E-state index in [1.807, 2.05) is 6.07 Å². The van der Waals surface area contributed by atoms with E-state index in [0.29, 0.717) is 19.3 Å². The molecule has 0 atom stereocenters. The van der Waals surface area contributed by atoms with E-state index in [-0.39, 0.29) is 0 Å². The number of fused-ring (bicyclic) bond motifs is 2. The average molecular weight is 434 g/mol. The van der Waals surface area contributed by atoms with Gasteiger partial charge in [-0.1, -0.05) is 18.2 Å². The van der Waals surface area contributed by atoms with Crippen LogP contribution in [0.2, 0.25) is 0 Å². The largest absolute Gasteiger partial charge is 0.495 e. The Hall–Kier alpha value is -2.83. The topological polar surface area (TPSA) is 55.9 Å². The number of benzene rings is 2. The molecule has 1 N–H and O–H groups in total. The molecule has 3 heterocycles.